The minimum Gasteiger partial charge on any atom is -0.292 e. The van der Waals surface area contributed by atoms with Gasteiger partial charge in [-0.3, -0.25) is 9.47 Å². The van der Waals surface area contributed by atoms with Crippen LogP contribution in [-0.4, -0.2) is 25.9 Å². The molecule has 5 aromatic carbocycles. The minimum atomic E-state index is -4.89. The maximum absolute atomic E-state index is 13.3. The summed E-state index contributed by atoms with van der Waals surface area (Å²) in [5.41, 5.74) is 7.84. The number of alkyl halides is 6. The van der Waals surface area contributed by atoms with Gasteiger partial charge in [-0.15, -0.1) is 26.3 Å². The number of halogens is 6. The van der Waals surface area contributed by atoms with Gasteiger partial charge in [-0.2, -0.15) is 0 Å². The molecular weight excluding hydrogens is 614 g/mol. The molecule has 0 amide bonds. The standard InChI is InChI=1S/C39H30F6O2/c1-25-11-10-18-32-35(25)30-24-34-29(23-33(30)36(32,19-21-46-38(40,41)42)20-22-47-39(43,44)45)28-16-8-9-17-31(28)37(34,26-12-4-2-5-13-26)27-14-6-3-7-15-27/h2-18,23-24H,19-22H2,1H3. The Labute approximate surface area is 268 Å². The number of benzene rings is 5. The fraction of sp³-hybridized carbons (Fsp3) is 0.231. The highest BCUT2D eigenvalue weighted by molar-refractivity contribution is 5.93. The van der Waals surface area contributed by atoms with Gasteiger partial charge in [-0.25, -0.2) is 0 Å². The van der Waals surface area contributed by atoms with Crippen LogP contribution in [0.4, 0.5) is 26.3 Å². The van der Waals surface area contributed by atoms with Gasteiger partial charge >= 0.3 is 12.7 Å². The van der Waals surface area contributed by atoms with Crippen LogP contribution in [0.1, 0.15) is 51.8 Å². The predicted octanol–water partition coefficient (Wildman–Crippen LogP) is 10.5. The first kappa shape index (κ1) is 31.2. The Hall–Kier alpha value is -4.40. The van der Waals surface area contributed by atoms with E-state index in [2.05, 4.69) is 45.9 Å². The van der Waals surface area contributed by atoms with Crippen molar-refractivity contribution in [1.82, 2.24) is 0 Å². The molecule has 0 bridgehead atoms. The van der Waals surface area contributed by atoms with Crippen LogP contribution < -0.4 is 0 Å². The lowest BCUT2D eigenvalue weighted by molar-refractivity contribution is -0.327. The topological polar surface area (TPSA) is 18.5 Å². The molecule has 240 valence electrons. The Morgan fingerprint density at radius 1 is 0.511 bits per heavy atom. The average molecular weight is 645 g/mol. The van der Waals surface area contributed by atoms with Crippen LogP contribution in [0.15, 0.2) is 115 Å². The minimum absolute atomic E-state index is 0.194. The summed E-state index contributed by atoms with van der Waals surface area (Å²) in [5, 5.41) is 0. The van der Waals surface area contributed by atoms with Crippen LogP contribution in [0, 0.1) is 6.92 Å². The third kappa shape index (κ3) is 5.15. The van der Waals surface area contributed by atoms with Crippen molar-refractivity contribution in [2.45, 2.75) is 43.3 Å². The zero-order chi connectivity index (χ0) is 33.0. The van der Waals surface area contributed by atoms with Crippen LogP contribution in [-0.2, 0) is 20.3 Å². The van der Waals surface area contributed by atoms with E-state index in [4.69, 9.17) is 0 Å². The summed E-state index contributed by atoms with van der Waals surface area (Å²) < 4.78 is 88.2. The van der Waals surface area contributed by atoms with Gasteiger partial charge in [-0.1, -0.05) is 103 Å². The summed E-state index contributed by atoms with van der Waals surface area (Å²) in [5.74, 6) is 0. The van der Waals surface area contributed by atoms with E-state index >= 15 is 0 Å². The molecule has 0 radical (unpaired) electrons. The highest BCUT2D eigenvalue weighted by atomic mass is 19.4. The molecule has 0 saturated heterocycles. The summed E-state index contributed by atoms with van der Waals surface area (Å²) in [7, 11) is 0. The molecular formula is C39H30F6O2. The van der Waals surface area contributed by atoms with Crippen molar-refractivity contribution in [3.8, 4) is 22.3 Å². The smallest absolute Gasteiger partial charge is 0.292 e. The third-order valence-corrected chi connectivity index (χ3v) is 9.76. The number of rotatable bonds is 8. The van der Waals surface area contributed by atoms with Gasteiger partial charge in [0.15, 0.2) is 0 Å². The first-order chi connectivity index (χ1) is 22.5. The lowest BCUT2D eigenvalue weighted by atomic mass is 9.67. The van der Waals surface area contributed by atoms with Crippen molar-refractivity contribution in [2.75, 3.05) is 13.2 Å². The quantitative estimate of drug-likeness (QED) is 0.154. The summed E-state index contributed by atoms with van der Waals surface area (Å²) in [6.07, 6.45) is -10.2. The third-order valence-electron chi connectivity index (χ3n) is 9.76. The summed E-state index contributed by atoms with van der Waals surface area (Å²) in [4.78, 5) is 0. The highest BCUT2D eigenvalue weighted by Gasteiger charge is 2.50. The lowest BCUT2D eigenvalue weighted by Gasteiger charge is -2.35. The van der Waals surface area contributed by atoms with Crippen molar-refractivity contribution in [2.24, 2.45) is 0 Å². The van der Waals surface area contributed by atoms with Gasteiger partial charge in [0.2, 0.25) is 0 Å². The van der Waals surface area contributed by atoms with E-state index in [1.165, 1.54) is 0 Å². The first-order valence-corrected chi connectivity index (χ1v) is 15.4. The Bertz CT molecular complexity index is 1870. The molecule has 0 N–H and O–H groups in total. The Kier molecular flexibility index (Phi) is 7.56. The van der Waals surface area contributed by atoms with Gasteiger partial charge in [0.25, 0.3) is 0 Å². The molecule has 47 heavy (non-hydrogen) atoms. The number of hydrogen-bond acceptors (Lipinski definition) is 2. The summed E-state index contributed by atoms with van der Waals surface area (Å²) in [6, 6.07) is 38.0. The average Bonchev–Trinajstić information content (AvgIpc) is 3.48. The van der Waals surface area contributed by atoms with E-state index in [-0.39, 0.29) is 12.8 Å². The number of aryl methyl sites for hydroxylation is 1. The molecule has 0 aromatic heterocycles. The number of ether oxygens (including phenoxy) is 2. The van der Waals surface area contributed by atoms with E-state index in [9.17, 15) is 26.3 Å². The van der Waals surface area contributed by atoms with Crippen molar-refractivity contribution >= 4 is 0 Å². The first-order valence-electron chi connectivity index (χ1n) is 15.4. The van der Waals surface area contributed by atoms with Gasteiger partial charge in [0.05, 0.1) is 18.6 Å². The van der Waals surface area contributed by atoms with E-state index in [1.807, 2.05) is 79.7 Å². The van der Waals surface area contributed by atoms with E-state index in [1.54, 1.807) is 6.07 Å². The van der Waals surface area contributed by atoms with Crippen LogP contribution in [0.2, 0.25) is 0 Å². The van der Waals surface area contributed by atoms with Crippen molar-refractivity contribution in [1.29, 1.82) is 0 Å². The maximum Gasteiger partial charge on any atom is 0.522 e. The molecule has 7 rings (SSSR count). The highest BCUT2D eigenvalue weighted by Crippen LogP contribution is 2.61. The molecule has 0 aliphatic heterocycles. The zero-order valence-corrected chi connectivity index (χ0v) is 25.4. The Morgan fingerprint density at radius 2 is 1.02 bits per heavy atom. The Morgan fingerprint density at radius 3 is 1.60 bits per heavy atom. The van der Waals surface area contributed by atoms with Gasteiger partial charge in [-0.05, 0) is 93.1 Å². The molecule has 5 aromatic rings. The molecule has 2 nitrogen and oxygen atoms in total. The van der Waals surface area contributed by atoms with Crippen LogP contribution in [0.5, 0.6) is 0 Å². The summed E-state index contributed by atoms with van der Waals surface area (Å²) >= 11 is 0. The molecule has 0 fully saturated rings. The van der Waals surface area contributed by atoms with E-state index in [0.717, 1.165) is 50.1 Å². The molecule has 0 heterocycles. The van der Waals surface area contributed by atoms with E-state index < -0.39 is 36.8 Å². The lowest BCUT2D eigenvalue weighted by Crippen LogP contribution is -2.32. The van der Waals surface area contributed by atoms with Gasteiger partial charge in [0, 0.05) is 5.41 Å². The second kappa shape index (κ2) is 11.4. The zero-order valence-electron chi connectivity index (χ0n) is 25.4. The molecule has 2 aliphatic carbocycles. The van der Waals surface area contributed by atoms with Crippen LogP contribution in [0.3, 0.4) is 0 Å². The Balaban J connectivity index is 1.53. The maximum atomic E-state index is 13.3. The monoisotopic (exact) mass is 644 g/mol. The van der Waals surface area contributed by atoms with Gasteiger partial charge < -0.3 is 0 Å². The van der Waals surface area contributed by atoms with Crippen LogP contribution in [0.25, 0.3) is 22.3 Å². The van der Waals surface area contributed by atoms with Gasteiger partial charge in [0.1, 0.15) is 0 Å². The number of fused-ring (bicyclic) bond motifs is 6. The molecule has 0 atom stereocenters. The van der Waals surface area contributed by atoms with Crippen LogP contribution >= 0.6 is 0 Å². The largest absolute Gasteiger partial charge is 0.522 e. The molecule has 0 spiro atoms. The van der Waals surface area contributed by atoms with E-state index in [0.29, 0.717) is 11.1 Å². The number of hydrogen-bond donors (Lipinski definition) is 0. The SMILES string of the molecule is Cc1cccc2c1-c1cc3c(cc1C2(CCOC(F)(F)F)CCOC(F)(F)F)-c1ccccc1C3(c1ccccc1)c1ccccc1. The van der Waals surface area contributed by atoms with Crippen molar-refractivity contribution < 1.29 is 35.8 Å². The predicted molar refractivity (Wildman–Crippen MR) is 168 cm³/mol. The van der Waals surface area contributed by atoms with Crippen molar-refractivity contribution in [3.63, 3.8) is 0 Å². The second-order valence-corrected chi connectivity index (χ2v) is 12.1. The fourth-order valence-corrected chi connectivity index (χ4v) is 8.01. The molecule has 2 aliphatic rings. The normalized spacial score (nSPS) is 15.6. The molecule has 0 saturated carbocycles. The second-order valence-electron chi connectivity index (χ2n) is 12.1. The molecule has 0 unspecified atom stereocenters. The fourth-order valence-electron chi connectivity index (χ4n) is 8.01. The summed E-state index contributed by atoms with van der Waals surface area (Å²) in [6.45, 7) is 0.461. The van der Waals surface area contributed by atoms with Crippen molar-refractivity contribution in [3.05, 3.63) is 154 Å². The molecule has 8 heteroatoms.